The Balaban J connectivity index is 2.55. The van der Waals surface area contributed by atoms with E-state index >= 15 is 0 Å². The van der Waals surface area contributed by atoms with Crippen molar-refractivity contribution in [2.45, 2.75) is 6.42 Å². The molecule has 1 unspecified atom stereocenters. The van der Waals surface area contributed by atoms with E-state index in [0.717, 1.165) is 0 Å². The first-order chi connectivity index (χ1) is 4.75. The third kappa shape index (κ3) is 1.29. The Kier molecular flexibility index (Phi) is 2.27. The van der Waals surface area contributed by atoms with Gasteiger partial charge in [0.2, 0.25) is 0 Å². The predicted octanol–water partition coefficient (Wildman–Crippen LogP) is 0.357. The van der Waals surface area contributed by atoms with Crippen molar-refractivity contribution in [1.29, 1.82) is 0 Å². The van der Waals surface area contributed by atoms with E-state index in [2.05, 4.69) is 4.74 Å². The molecule has 1 fully saturated rings. The Morgan fingerprint density at radius 1 is 1.80 bits per heavy atom. The van der Waals surface area contributed by atoms with Crippen LogP contribution in [-0.4, -0.2) is 24.2 Å². The molecule has 56 valence electrons. The monoisotopic (exact) mass is 162 g/mol. The number of ether oxygens (including phenoxy) is 1. The summed E-state index contributed by atoms with van der Waals surface area (Å²) < 4.78 is 4.57. The number of Topliss-reactive ketones (excluding diaryl/α,β-unsaturated/α-hetero) is 1. The molecule has 0 bridgehead atoms. The average molecular weight is 163 g/mol. The van der Waals surface area contributed by atoms with E-state index in [0.29, 0.717) is 13.0 Å². The quantitative estimate of drug-likeness (QED) is 0.335. The molecule has 3 nitrogen and oxygen atoms in total. The molecule has 0 amide bonds. The minimum absolute atomic E-state index is 0.0975. The van der Waals surface area contributed by atoms with Crippen LogP contribution in [0.15, 0.2) is 0 Å². The lowest BCUT2D eigenvalue weighted by Crippen LogP contribution is -2.20. The fraction of sp³-hybridized carbons (Fsp3) is 0.667. The van der Waals surface area contributed by atoms with Gasteiger partial charge in [0.05, 0.1) is 12.5 Å². The first kappa shape index (κ1) is 7.54. The molecule has 0 aliphatic carbocycles. The summed E-state index contributed by atoms with van der Waals surface area (Å²) in [6.07, 6.45) is 0.490. The van der Waals surface area contributed by atoms with Gasteiger partial charge in [-0.1, -0.05) is 0 Å². The zero-order valence-electron chi connectivity index (χ0n) is 5.30. The van der Waals surface area contributed by atoms with Crippen LogP contribution in [0.2, 0.25) is 0 Å². The van der Waals surface area contributed by atoms with E-state index in [-0.39, 0.29) is 11.7 Å². The molecule has 0 saturated carbocycles. The second-order valence-corrected chi connectivity index (χ2v) is 2.38. The molecule has 1 atom stereocenters. The van der Waals surface area contributed by atoms with Crippen LogP contribution < -0.4 is 0 Å². The van der Waals surface area contributed by atoms with Gasteiger partial charge >= 0.3 is 5.97 Å². The topological polar surface area (TPSA) is 43.4 Å². The van der Waals surface area contributed by atoms with Crippen molar-refractivity contribution >= 4 is 23.4 Å². The second-order valence-electron chi connectivity index (χ2n) is 2.11. The smallest absolute Gasteiger partial charge is 0.316 e. The SMILES string of the molecule is O=C(CCl)C1CCOC1=O. The summed E-state index contributed by atoms with van der Waals surface area (Å²) >= 11 is 5.24. The minimum atomic E-state index is -0.586. The van der Waals surface area contributed by atoms with Crippen LogP contribution in [0, 0.1) is 5.92 Å². The Bertz CT molecular complexity index is 166. The summed E-state index contributed by atoms with van der Waals surface area (Å²) in [6.45, 7) is 0.353. The number of rotatable bonds is 2. The Hall–Kier alpha value is -0.570. The molecule has 0 N–H and O–H groups in total. The summed E-state index contributed by atoms with van der Waals surface area (Å²) in [6, 6.07) is 0. The number of carbonyl (C=O) groups excluding carboxylic acids is 2. The molecular formula is C6H7ClO3. The second kappa shape index (κ2) is 3.01. The fourth-order valence-electron chi connectivity index (χ4n) is 0.881. The number of hydrogen-bond donors (Lipinski definition) is 0. The average Bonchev–Trinajstić information content (AvgIpc) is 2.34. The van der Waals surface area contributed by atoms with Crippen molar-refractivity contribution in [2.75, 3.05) is 12.5 Å². The molecule has 1 aliphatic rings. The highest BCUT2D eigenvalue weighted by molar-refractivity contribution is 6.29. The van der Waals surface area contributed by atoms with Gasteiger partial charge in [-0.3, -0.25) is 9.59 Å². The molecule has 0 aromatic carbocycles. The van der Waals surface area contributed by atoms with Crippen LogP contribution in [-0.2, 0) is 14.3 Å². The number of halogens is 1. The number of esters is 1. The van der Waals surface area contributed by atoms with Crippen molar-refractivity contribution < 1.29 is 14.3 Å². The lowest BCUT2D eigenvalue weighted by molar-refractivity contribution is -0.144. The lowest BCUT2D eigenvalue weighted by atomic mass is 10.0. The van der Waals surface area contributed by atoms with Crippen molar-refractivity contribution in [2.24, 2.45) is 5.92 Å². The number of ketones is 1. The molecule has 1 aliphatic heterocycles. The van der Waals surface area contributed by atoms with Crippen molar-refractivity contribution in [3.8, 4) is 0 Å². The van der Waals surface area contributed by atoms with Gasteiger partial charge < -0.3 is 4.74 Å². The van der Waals surface area contributed by atoms with E-state index in [1.165, 1.54) is 0 Å². The first-order valence-electron chi connectivity index (χ1n) is 3.01. The van der Waals surface area contributed by atoms with Gasteiger partial charge in [-0.2, -0.15) is 0 Å². The van der Waals surface area contributed by atoms with Gasteiger partial charge in [0.1, 0.15) is 5.92 Å². The van der Waals surface area contributed by atoms with Gasteiger partial charge in [-0.05, 0) is 0 Å². The van der Waals surface area contributed by atoms with E-state index in [1.54, 1.807) is 0 Å². The zero-order chi connectivity index (χ0) is 7.56. The predicted molar refractivity (Wildman–Crippen MR) is 34.8 cm³/mol. The van der Waals surface area contributed by atoms with Crippen molar-refractivity contribution in [1.82, 2.24) is 0 Å². The molecule has 0 aromatic rings. The molecule has 10 heavy (non-hydrogen) atoms. The lowest BCUT2D eigenvalue weighted by Gasteiger charge is -1.98. The molecule has 1 saturated heterocycles. The Morgan fingerprint density at radius 3 is 2.90 bits per heavy atom. The van der Waals surface area contributed by atoms with Gasteiger partial charge in [-0.15, -0.1) is 11.6 Å². The number of cyclic esters (lactones) is 1. The van der Waals surface area contributed by atoms with E-state index in [1.807, 2.05) is 0 Å². The standard InChI is InChI=1S/C6H7ClO3/c7-3-5(8)4-1-2-10-6(4)9/h4H,1-3H2. The number of alkyl halides is 1. The van der Waals surface area contributed by atoms with Crippen molar-refractivity contribution in [3.63, 3.8) is 0 Å². The van der Waals surface area contributed by atoms with Gasteiger partial charge in [0, 0.05) is 6.42 Å². The van der Waals surface area contributed by atoms with Crippen LogP contribution >= 0.6 is 11.6 Å². The highest BCUT2D eigenvalue weighted by Crippen LogP contribution is 2.15. The molecule has 0 radical (unpaired) electrons. The first-order valence-corrected chi connectivity index (χ1v) is 3.54. The molecule has 0 spiro atoms. The molecular weight excluding hydrogens is 156 g/mol. The fourth-order valence-corrected chi connectivity index (χ4v) is 1.07. The number of hydrogen-bond acceptors (Lipinski definition) is 3. The van der Waals surface area contributed by atoms with Gasteiger partial charge in [-0.25, -0.2) is 0 Å². The largest absolute Gasteiger partial charge is 0.465 e. The normalized spacial score (nSPS) is 24.5. The minimum Gasteiger partial charge on any atom is -0.465 e. The van der Waals surface area contributed by atoms with Gasteiger partial charge in [0.25, 0.3) is 0 Å². The third-order valence-corrected chi connectivity index (χ3v) is 1.72. The van der Waals surface area contributed by atoms with Crippen LogP contribution in [0.5, 0.6) is 0 Å². The maximum Gasteiger partial charge on any atom is 0.316 e. The summed E-state index contributed by atoms with van der Waals surface area (Å²) in [5.74, 6) is -1.34. The number of carbonyl (C=O) groups is 2. The summed E-state index contributed by atoms with van der Waals surface area (Å²) in [7, 11) is 0. The van der Waals surface area contributed by atoms with E-state index in [4.69, 9.17) is 11.6 Å². The van der Waals surface area contributed by atoms with E-state index in [9.17, 15) is 9.59 Å². The highest BCUT2D eigenvalue weighted by Gasteiger charge is 2.31. The maximum absolute atomic E-state index is 10.8. The molecule has 4 heteroatoms. The summed E-state index contributed by atoms with van der Waals surface area (Å²) in [5, 5.41) is 0. The molecule has 1 heterocycles. The maximum atomic E-state index is 10.8. The zero-order valence-corrected chi connectivity index (χ0v) is 6.06. The van der Waals surface area contributed by atoms with Crippen LogP contribution in [0.1, 0.15) is 6.42 Å². The van der Waals surface area contributed by atoms with Crippen LogP contribution in [0.4, 0.5) is 0 Å². The highest BCUT2D eigenvalue weighted by atomic mass is 35.5. The van der Waals surface area contributed by atoms with Crippen LogP contribution in [0.25, 0.3) is 0 Å². The Labute approximate surface area is 63.3 Å². The summed E-state index contributed by atoms with van der Waals surface area (Å²) in [4.78, 5) is 21.5. The summed E-state index contributed by atoms with van der Waals surface area (Å²) in [5.41, 5.74) is 0. The Morgan fingerprint density at radius 2 is 2.50 bits per heavy atom. The van der Waals surface area contributed by atoms with Crippen LogP contribution in [0.3, 0.4) is 0 Å². The van der Waals surface area contributed by atoms with Gasteiger partial charge in [0.15, 0.2) is 5.78 Å². The molecule has 0 aromatic heterocycles. The third-order valence-electron chi connectivity index (χ3n) is 1.46. The van der Waals surface area contributed by atoms with Crippen molar-refractivity contribution in [3.05, 3.63) is 0 Å². The molecule has 1 rings (SSSR count). The van der Waals surface area contributed by atoms with E-state index < -0.39 is 11.9 Å².